The molecule has 3 aromatic carbocycles. The number of carbonyl (C=O) groups excluding carboxylic acids is 1. The molecule has 0 bridgehead atoms. The molecule has 0 saturated carbocycles. The Labute approximate surface area is 226 Å². The number of likely N-dealkylation sites (N-methyl/N-ethyl adjacent to an activating group) is 1. The quantitative estimate of drug-likeness (QED) is 0.309. The summed E-state index contributed by atoms with van der Waals surface area (Å²) in [5, 5.41) is 1.83. The van der Waals surface area contributed by atoms with E-state index in [1.807, 2.05) is 49.4 Å². The molecule has 2 aliphatic heterocycles. The summed E-state index contributed by atoms with van der Waals surface area (Å²) < 4.78 is 5.45. The normalized spacial score (nSPS) is 18.6. The Balaban J connectivity index is 1.57. The van der Waals surface area contributed by atoms with Crippen molar-refractivity contribution in [2.45, 2.75) is 25.3 Å². The minimum absolute atomic E-state index is 0.000226. The number of thioether (sulfide) groups is 2. The van der Waals surface area contributed by atoms with Crippen molar-refractivity contribution < 1.29 is 9.53 Å². The standard InChI is InChI=1S/C30H29N3O2S2/c1-4-32-25-17-16-23(35-3)18-26(25)36-27(32)19-24(22-14-10-7-11-15-22)28-29(34)33(5-2)30(37-28)31-20-21-12-8-6-9-13-21/h6-19H,4-5,20H2,1-3H3. The molecular formula is C30H29N3O2S2. The molecule has 7 heteroatoms. The molecular weight excluding hydrogens is 498 g/mol. The lowest BCUT2D eigenvalue weighted by Crippen LogP contribution is -2.29. The van der Waals surface area contributed by atoms with Crippen LogP contribution < -0.4 is 9.64 Å². The molecule has 2 aliphatic rings. The van der Waals surface area contributed by atoms with Gasteiger partial charge in [0, 0.05) is 23.6 Å². The first-order valence-electron chi connectivity index (χ1n) is 12.4. The average molecular weight is 528 g/mol. The van der Waals surface area contributed by atoms with Gasteiger partial charge in [0.2, 0.25) is 0 Å². The van der Waals surface area contributed by atoms with Gasteiger partial charge in [-0.25, -0.2) is 0 Å². The maximum Gasteiger partial charge on any atom is 0.267 e. The predicted octanol–water partition coefficient (Wildman–Crippen LogP) is 7.03. The van der Waals surface area contributed by atoms with Crippen LogP contribution in [-0.2, 0) is 11.3 Å². The van der Waals surface area contributed by atoms with Crippen LogP contribution in [-0.4, -0.2) is 36.2 Å². The Hall–Kier alpha value is -3.42. The van der Waals surface area contributed by atoms with E-state index in [2.05, 4.69) is 54.3 Å². The van der Waals surface area contributed by atoms with Crippen molar-refractivity contribution in [2.75, 3.05) is 25.1 Å². The highest BCUT2D eigenvalue weighted by Gasteiger charge is 2.35. The van der Waals surface area contributed by atoms with Crippen LogP contribution in [0.1, 0.15) is 25.0 Å². The van der Waals surface area contributed by atoms with Crippen molar-refractivity contribution in [2.24, 2.45) is 4.99 Å². The van der Waals surface area contributed by atoms with Gasteiger partial charge in [-0.15, -0.1) is 0 Å². The lowest BCUT2D eigenvalue weighted by molar-refractivity contribution is -0.122. The lowest BCUT2D eigenvalue weighted by Gasteiger charge is -2.19. The molecule has 5 rings (SSSR count). The van der Waals surface area contributed by atoms with Crippen molar-refractivity contribution >= 4 is 45.9 Å². The number of ether oxygens (including phenoxy) is 1. The highest BCUT2D eigenvalue weighted by Crippen LogP contribution is 2.49. The SMILES string of the molecule is CCN1C(=O)C(=C(C=C2Sc3cc(OC)ccc3N2CC)c2ccccc2)SC1=NCc1ccccc1. The molecule has 0 atom stereocenters. The van der Waals surface area contributed by atoms with Gasteiger partial charge in [0.05, 0.1) is 29.3 Å². The Morgan fingerprint density at radius 2 is 1.62 bits per heavy atom. The van der Waals surface area contributed by atoms with Gasteiger partial charge < -0.3 is 9.64 Å². The largest absolute Gasteiger partial charge is 0.497 e. The molecule has 188 valence electrons. The van der Waals surface area contributed by atoms with E-state index in [1.54, 1.807) is 23.8 Å². The Morgan fingerprint density at radius 3 is 2.30 bits per heavy atom. The molecule has 0 unspecified atom stereocenters. The van der Waals surface area contributed by atoms with Crippen LogP contribution in [0.2, 0.25) is 0 Å². The number of nitrogens with zero attached hydrogens (tertiary/aromatic N) is 3. The zero-order valence-corrected chi connectivity index (χ0v) is 22.8. The summed E-state index contributed by atoms with van der Waals surface area (Å²) >= 11 is 3.17. The number of hydrogen-bond donors (Lipinski definition) is 0. The van der Waals surface area contributed by atoms with E-state index in [0.29, 0.717) is 18.0 Å². The van der Waals surface area contributed by atoms with Gasteiger partial charge in [-0.05, 0) is 61.0 Å². The highest BCUT2D eigenvalue weighted by molar-refractivity contribution is 8.18. The van der Waals surface area contributed by atoms with Crippen molar-refractivity contribution in [3.05, 3.63) is 106 Å². The number of methoxy groups -OCH3 is 1. The number of rotatable bonds is 7. The zero-order chi connectivity index (χ0) is 25.8. The van der Waals surface area contributed by atoms with E-state index in [9.17, 15) is 4.79 Å². The number of benzene rings is 3. The summed E-state index contributed by atoms with van der Waals surface area (Å²) in [5.41, 5.74) is 4.20. The molecule has 1 saturated heterocycles. The fourth-order valence-electron chi connectivity index (χ4n) is 4.38. The van der Waals surface area contributed by atoms with E-state index in [1.165, 1.54) is 11.8 Å². The minimum Gasteiger partial charge on any atom is -0.497 e. The topological polar surface area (TPSA) is 45.1 Å². The van der Waals surface area contributed by atoms with Gasteiger partial charge in [-0.3, -0.25) is 14.7 Å². The third-order valence-electron chi connectivity index (χ3n) is 6.27. The molecule has 2 heterocycles. The van der Waals surface area contributed by atoms with E-state index in [0.717, 1.165) is 49.8 Å². The zero-order valence-electron chi connectivity index (χ0n) is 21.2. The number of hydrogen-bond acceptors (Lipinski definition) is 6. The van der Waals surface area contributed by atoms with Gasteiger partial charge in [0.15, 0.2) is 5.17 Å². The van der Waals surface area contributed by atoms with Crippen molar-refractivity contribution in [1.82, 2.24) is 4.90 Å². The summed E-state index contributed by atoms with van der Waals surface area (Å²) in [4.78, 5) is 24.5. The number of carbonyl (C=O) groups is 1. The molecule has 1 amide bonds. The number of amidine groups is 1. The molecule has 5 nitrogen and oxygen atoms in total. The minimum atomic E-state index is 0.000226. The third kappa shape index (κ3) is 5.20. The number of aliphatic imine (C=N–C) groups is 1. The van der Waals surface area contributed by atoms with Gasteiger partial charge in [-0.1, -0.05) is 72.4 Å². The molecule has 0 aromatic heterocycles. The molecule has 3 aromatic rings. The van der Waals surface area contributed by atoms with Gasteiger partial charge in [0.1, 0.15) is 5.75 Å². The number of fused-ring (bicyclic) bond motifs is 1. The highest BCUT2D eigenvalue weighted by atomic mass is 32.2. The van der Waals surface area contributed by atoms with E-state index in [4.69, 9.17) is 9.73 Å². The van der Waals surface area contributed by atoms with Gasteiger partial charge in [0.25, 0.3) is 5.91 Å². The molecule has 0 radical (unpaired) electrons. The van der Waals surface area contributed by atoms with E-state index >= 15 is 0 Å². The summed E-state index contributed by atoms with van der Waals surface area (Å²) in [7, 11) is 1.69. The molecule has 0 N–H and O–H groups in total. The second kappa shape index (κ2) is 11.3. The summed E-state index contributed by atoms with van der Waals surface area (Å²) in [6.07, 6.45) is 2.16. The third-order valence-corrected chi connectivity index (χ3v) is 8.50. The van der Waals surface area contributed by atoms with Crippen LogP contribution in [0.3, 0.4) is 0 Å². The Bertz CT molecular complexity index is 1380. The van der Waals surface area contributed by atoms with Crippen LogP contribution in [0.15, 0.2) is 105 Å². The maximum atomic E-state index is 13.7. The summed E-state index contributed by atoms with van der Waals surface area (Å²) in [6.45, 7) is 6.07. The first-order chi connectivity index (χ1) is 18.1. The summed E-state index contributed by atoms with van der Waals surface area (Å²) in [5.74, 6) is 0.838. The molecule has 0 aliphatic carbocycles. The lowest BCUT2D eigenvalue weighted by atomic mass is 10.0. The second-order valence-corrected chi connectivity index (χ2v) is 10.5. The Morgan fingerprint density at radius 1 is 0.919 bits per heavy atom. The maximum absolute atomic E-state index is 13.7. The van der Waals surface area contributed by atoms with Crippen LogP contribution in [0.4, 0.5) is 5.69 Å². The smallest absolute Gasteiger partial charge is 0.267 e. The number of anilines is 1. The first kappa shape index (κ1) is 25.2. The van der Waals surface area contributed by atoms with Crippen LogP contribution in [0.25, 0.3) is 5.57 Å². The summed E-state index contributed by atoms with van der Waals surface area (Å²) in [6, 6.07) is 26.5. The van der Waals surface area contributed by atoms with Crippen LogP contribution >= 0.6 is 23.5 Å². The van der Waals surface area contributed by atoms with Gasteiger partial charge >= 0.3 is 0 Å². The first-order valence-corrected chi connectivity index (χ1v) is 14.0. The molecule has 37 heavy (non-hydrogen) atoms. The molecule has 0 spiro atoms. The average Bonchev–Trinajstić information content (AvgIpc) is 3.46. The van der Waals surface area contributed by atoms with Gasteiger partial charge in [-0.2, -0.15) is 0 Å². The van der Waals surface area contributed by atoms with E-state index < -0.39 is 0 Å². The monoisotopic (exact) mass is 527 g/mol. The van der Waals surface area contributed by atoms with Crippen molar-refractivity contribution in [1.29, 1.82) is 0 Å². The van der Waals surface area contributed by atoms with Crippen molar-refractivity contribution in [3.8, 4) is 5.75 Å². The van der Waals surface area contributed by atoms with Crippen molar-refractivity contribution in [3.63, 3.8) is 0 Å². The number of allylic oxidation sites excluding steroid dienone is 2. The predicted molar refractivity (Wildman–Crippen MR) is 156 cm³/mol. The fraction of sp³-hybridized carbons (Fsp3) is 0.200. The Kier molecular flexibility index (Phi) is 7.72. The second-order valence-electron chi connectivity index (χ2n) is 8.51. The van der Waals surface area contributed by atoms with Crippen LogP contribution in [0, 0.1) is 0 Å². The molecule has 1 fully saturated rings. The number of amides is 1. The van der Waals surface area contributed by atoms with Crippen LogP contribution in [0.5, 0.6) is 5.75 Å². The van der Waals surface area contributed by atoms with E-state index in [-0.39, 0.29) is 5.91 Å². The fourth-order valence-corrected chi connectivity index (χ4v) is 6.69.